The van der Waals surface area contributed by atoms with Gasteiger partial charge in [0.1, 0.15) is 0 Å². The first kappa shape index (κ1) is 14.6. The van der Waals surface area contributed by atoms with E-state index in [-0.39, 0.29) is 0 Å². The highest BCUT2D eigenvalue weighted by Crippen LogP contribution is 2.31. The number of fused-ring (bicyclic) bond motifs is 1. The van der Waals surface area contributed by atoms with Crippen LogP contribution in [0, 0.1) is 12.3 Å². The van der Waals surface area contributed by atoms with E-state index in [9.17, 15) is 0 Å². The molecule has 0 heteroatoms. The van der Waals surface area contributed by atoms with Crippen LogP contribution in [-0.4, -0.2) is 0 Å². The number of benzene rings is 1. The summed E-state index contributed by atoms with van der Waals surface area (Å²) in [5.74, 6) is 0. The summed E-state index contributed by atoms with van der Waals surface area (Å²) in [7, 11) is 0. The molecule has 0 atom stereocenters. The molecule has 0 bridgehead atoms. The zero-order valence-electron chi connectivity index (χ0n) is 13.3. The van der Waals surface area contributed by atoms with E-state index in [2.05, 4.69) is 39.8 Å². The first-order valence-corrected chi connectivity index (χ1v) is 8.14. The second-order valence-corrected chi connectivity index (χ2v) is 7.11. The maximum Gasteiger partial charge on any atom is -0.0271 e. The van der Waals surface area contributed by atoms with E-state index < -0.39 is 0 Å². The number of rotatable bonds is 5. The second-order valence-electron chi connectivity index (χ2n) is 7.11. The maximum atomic E-state index is 2.42. The second kappa shape index (κ2) is 6.11. The molecule has 0 fully saturated rings. The van der Waals surface area contributed by atoms with Gasteiger partial charge in [0.2, 0.25) is 0 Å². The third-order valence-corrected chi connectivity index (χ3v) is 4.93. The minimum atomic E-state index is 0.497. The van der Waals surface area contributed by atoms with Crippen molar-refractivity contribution in [3.05, 3.63) is 34.4 Å². The molecule has 1 aliphatic carbocycles. The van der Waals surface area contributed by atoms with Crippen molar-refractivity contribution >= 4 is 0 Å². The molecule has 0 amide bonds. The zero-order chi connectivity index (χ0) is 13.9. The average Bonchev–Trinajstić information content (AvgIpc) is 2.38. The molecule has 19 heavy (non-hydrogen) atoms. The van der Waals surface area contributed by atoms with Crippen molar-refractivity contribution in [1.82, 2.24) is 0 Å². The monoisotopic (exact) mass is 258 g/mol. The molecule has 0 saturated heterocycles. The lowest BCUT2D eigenvalue weighted by Gasteiger charge is -2.25. The van der Waals surface area contributed by atoms with Gasteiger partial charge in [-0.2, -0.15) is 0 Å². The van der Waals surface area contributed by atoms with Crippen LogP contribution in [0.25, 0.3) is 0 Å². The summed E-state index contributed by atoms with van der Waals surface area (Å²) < 4.78 is 0. The van der Waals surface area contributed by atoms with Gasteiger partial charge in [-0.3, -0.25) is 0 Å². The molecule has 0 spiro atoms. The van der Waals surface area contributed by atoms with Crippen LogP contribution in [0.2, 0.25) is 0 Å². The predicted molar refractivity (Wildman–Crippen MR) is 84.8 cm³/mol. The summed E-state index contributed by atoms with van der Waals surface area (Å²) in [6, 6.07) is 4.81. The van der Waals surface area contributed by atoms with Gasteiger partial charge in [-0.05, 0) is 79.5 Å². The van der Waals surface area contributed by atoms with Crippen LogP contribution >= 0.6 is 0 Å². The quantitative estimate of drug-likeness (QED) is 0.642. The molecule has 1 aliphatic rings. The SMILES string of the molecule is CCCC(C)(C)CCc1ccc2c(c1C)CCCC2. The Bertz CT molecular complexity index is 426. The van der Waals surface area contributed by atoms with E-state index >= 15 is 0 Å². The molecule has 1 aromatic rings. The van der Waals surface area contributed by atoms with E-state index in [1.54, 1.807) is 22.3 Å². The third-order valence-electron chi connectivity index (χ3n) is 4.93. The normalized spacial score (nSPS) is 15.4. The lowest BCUT2D eigenvalue weighted by molar-refractivity contribution is 0.304. The molecular formula is C19H30. The van der Waals surface area contributed by atoms with E-state index in [4.69, 9.17) is 0 Å². The fourth-order valence-electron chi connectivity index (χ4n) is 3.61. The molecule has 0 N–H and O–H groups in total. The van der Waals surface area contributed by atoms with Crippen LogP contribution in [0.5, 0.6) is 0 Å². The lowest BCUT2D eigenvalue weighted by atomic mass is 9.80. The van der Waals surface area contributed by atoms with Crippen molar-refractivity contribution in [2.45, 2.75) is 79.1 Å². The van der Waals surface area contributed by atoms with Crippen molar-refractivity contribution in [3.63, 3.8) is 0 Å². The van der Waals surface area contributed by atoms with Gasteiger partial charge in [0.05, 0.1) is 0 Å². The van der Waals surface area contributed by atoms with Gasteiger partial charge in [-0.1, -0.05) is 39.3 Å². The summed E-state index contributed by atoms with van der Waals surface area (Å²) >= 11 is 0. The Morgan fingerprint density at radius 1 is 1.05 bits per heavy atom. The largest absolute Gasteiger partial charge is 0.0654 e. The summed E-state index contributed by atoms with van der Waals surface area (Å²) in [5.41, 5.74) is 7.00. The topological polar surface area (TPSA) is 0 Å². The first-order chi connectivity index (χ1) is 9.03. The van der Waals surface area contributed by atoms with Crippen molar-refractivity contribution < 1.29 is 0 Å². The van der Waals surface area contributed by atoms with Crippen LogP contribution in [0.15, 0.2) is 12.1 Å². The van der Waals surface area contributed by atoms with E-state index in [1.807, 2.05) is 0 Å². The molecule has 0 saturated carbocycles. The summed E-state index contributed by atoms with van der Waals surface area (Å²) in [6.45, 7) is 9.49. The van der Waals surface area contributed by atoms with E-state index in [0.717, 1.165) is 0 Å². The van der Waals surface area contributed by atoms with Crippen LogP contribution in [0.1, 0.15) is 75.1 Å². The highest BCUT2D eigenvalue weighted by molar-refractivity contribution is 5.41. The average molecular weight is 258 g/mol. The molecule has 0 radical (unpaired) electrons. The fraction of sp³-hybridized carbons (Fsp3) is 0.684. The van der Waals surface area contributed by atoms with Crippen LogP contribution in [0.4, 0.5) is 0 Å². The lowest BCUT2D eigenvalue weighted by Crippen LogP contribution is -2.13. The minimum Gasteiger partial charge on any atom is -0.0654 e. The molecule has 0 aliphatic heterocycles. The highest BCUT2D eigenvalue weighted by Gasteiger charge is 2.18. The summed E-state index contributed by atoms with van der Waals surface area (Å²) in [4.78, 5) is 0. The highest BCUT2D eigenvalue weighted by atomic mass is 14.2. The molecule has 1 aromatic carbocycles. The molecule has 106 valence electrons. The van der Waals surface area contributed by atoms with Crippen LogP contribution in [-0.2, 0) is 19.3 Å². The Morgan fingerprint density at radius 2 is 1.79 bits per heavy atom. The number of aryl methyl sites for hydroxylation is 2. The van der Waals surface area contributed by atoms with Gasteiger partial charge < -0.3 is 0 Å². The van der Waals surface area contributed by atoms with Gasteiger partial charge in [0, 0.05) is 0 Å². The van der Waals surface area contributed by atoms with E-state index in [0.29, 0.717) is 5.41 Å². The van der Waals surface area contributed by atoms with Crippen molar-refractivity contribution in [1.29, 1.82) is 0 Å². The van der Waals surface area contributed by atoms with E-state index in [1.165, 1.54) is 51.4 Å². The molecule has 0 unspecified atom stereocenters. The van der Waals surface area contributed by atoms with Crippen LogP contribution in [0.3, 0.4) is 0 Å². The Balaban J connectivity index is 2.09. The molecule has 0 nitrogen and oxygen atoms in total. The molecule has 2 rings (SSSR count). The summed E-state index contributed by atoms with van der Waals surface area (Å²) in [5, 5.41) is 0. The standard InChI is InChI=1S/C19H30/c1-5-13-19(3,4)14-12-16-10-11-17-8-6-7-9-18(17)15(16)2/h10-11H,5-9,12-14H2,1-4H3. The first-order valence-electron chi connectivity index (χ1n) is 8.14. The number of hydrogen-bond donors (Lipinski definition) is 0. The van der Waals surface area contributed by atoms with Crippen molar-refractivity contribution in [2.24, 2.45) is 5.41 Å². The predicted octanol–water partition coefficient (Wildman–Crippen LogP) is 5.63. The van der Waals surface area contributed by atoms with Gasteiger partial charge in [0.15, 0.2) is 0 Å². The molecule has 0 aromatic heterocycles. The van der Waals surface area contributed by atoms with Gasteiger partial charge >= 0.3 is 0 Å². The third kappa shape index (κ3) is 3.61. The van der Waals surface area contributed by atoms with Gasteiger partial charge in [0.25, 0.3) is 0 Å². The Kier molecular flexibility index (Phi) is 4.71. The van der Waals surface area contributed by atoms with Gasteiger partial charge in [-0.15, -0.1) is 0 Å². The van der Waals surface area contributed by atoms with Crippen molar-refractivity contribution in [3.8, 4) is 0 Å². The Labute approximate surface area is 119 Å². The molecular weight excluding hydrogens is 228 g/mol. The fourth-order valence-corrected chi connectivity index (χ4v) is 3.61. The maximum absolute atomic E-state index is 2.42. The summed E-state index contributed by atoms with van der Waals surface area (Å²) in [6.07, 6.45) is 10.6. The minimum absolute atomic E-state index is 0.497. The smallest absolute Gasteiger partial charge is 0.0271 e. The molecule has 0 heterocycles. The number of hydrogen-bond acceptors (Lipinski definition) is 0. The van der Waals surface area contributed by atoms with Gasteiger partial charge in [-0.25, -0.2) is 0 Å². The zero-order valence-corrected chi connectivity index (χ0v) is 13.3. The Morgan fingerprint density at radius 3 is 2.53 bits per heavy atom. The van der Waals surface area contributed by atoms with Crippen molar-refractivity contribution in [2.75, 3.05) is 0 Å². The van der Waals surface area contributed by atoms with Crippen LogP contribution < -0.4 is 0 Å². The Hall–Kier alpha value is -0.780.